The van der Waals surface area contributed by atoms with Crippen molar-refractivity contribution in [3.8, 4) is 17.3 Å². The van der Waals surface area contributed by atoms with Crippen LogP contribution in [0.15, 0.2) is 41.8 Å². The molecule has 318 valence electrons. The number of thiazole rings is 1. The van der Waals surface area contributed by atoms with Crippen LogP contribution < -0.4 is 25.4 Å². The SMILES string of the molecule is Cc1ccc2c(OC3C[C@H]4C(=O)N[C@]5(C(=O)NS(=O)(=O)C6CC6)CC5/C=C\CCCCC[C@H](NC(=O)OC(C)(C)C)C(=O)N4C3)nc(-c3csc(NC(C)C)n3)cc2c1. The van der Waals surface area contributed by atoms with E-state index in [1.807, 2.05) is 62.6 Å². The Morgan fingerprint density at radius 2 is 1.83 bits per heavy atom. The highest BCUT2D eigenvalue weighted by Crippen LogP contribution is 2.46. The van der Waals surface area contributed by atoms with Gasteiger partial charge in [0.15, 0.2) is 5.13 Å². The van der Waals surface area contributed by atoms with E-state index in [1.165, 1.54) is 16.2 Å². The predicted octanol–water partition coefficient (Wildman–Crippen LogP) is 5.73. The topological polar surface area (TPSA) is 198 Å². The number of nitrogens with zero attached hydrogens (tertiary/aromatic N) is 3. The lowest BCUT2D eigenvalue weighted by molar-refractivity contribution is -0.141. The second-order valence-electron chi connectivity index (χ2n) is 17.6. The van der Waals surface area contributed by atoms with Gasteiger partial charge >= 0.3 is 6.09 Å². The summed E-state index contributed by atoms with van der Waals surface area (Å²) in [5, 5.41) is 12.7. The standard InChI is InChI=1S/C42H55N7O8S2/c1-24(2)43-39-45-33(23-58-39)32-19-26-18-25(3)14-17-30(26)36(44-32)56-28-20-34-35(50)47-42(38(52)48-59(54,55)29-15-16-29)21-27(42)12-10-8-7-9-11-13-31(37(51)49(34)22-28)46-40(53)57-41(4,5)6/h10,12,14,17-19,23-24,27-29,31,34H,7-9,11,13,15-16,20-22H2,1-6H3,(H,43,45)(H,46,53)(H,47,50)(H,48,52)/b12-10-/t27?,28?,31-,34-,42+/m0/s1. The summed E-state index contributed by atoms with van der Waals surface area (Å²) < 4.78 is 40.3. The van der Waals surface area contributed by atoms with E-state index in [4.69, 9.17) is 19.4 Å². The Balaban J connectivity index is 1.22. The van der Waals surface area contributed by atoms with Crippen LogP contribution in [0.2, 0.25) is 0 Å². The van der Waals surface area contributed by atoms with E-state index in [2.05, 4.69) is 20.7 Å². The van der Waals surface area contributed by atoms with Crippen molar-refractivity contribution in [3.05, 3.63) is 47.4 Å². The molecule has 2 aliphatic heterocycles. The average molecular weight is 850 g/mol. The summed E-state index contributed by atoms with van der Waals surface area (Å²) in [7, 11) is -3.91. The predicted molar refractivity (Wildman–Crippen MR) is 225 cm³/mol. The highest BCUT2D eigenvalue weighted by atomic mass is 32.2. The van der Waals surface area contributed by atoms with Crippen LogP contribution in [0.5, 0.6) is 5.88 Å². The van der Waals surface area contributed by atoms with Gasteiger partial charge < -0.3 is 30.3 Å². The number of nitrogens with one attached hydrogen (secondary N) is 4. The van der Waals surface area contributed by atoms with E-state index in [9.17, 15) is 27.6 Å². The van der Waals surface area contributed by atoms with E-state index in [0.717, 1.165) is 34.3 Å². The number of rotatable bonds is 9. The number of carbonyl (C=O) groups is 4. The van der Waals surface area contributed by atoms with Crippen molar-refractivity contribution in [1.29, 1.82) is 0 Å². The molecule has 0 radical (unpaired) electrons. The van der Waals surface area contributed by atoms with E-state index in [1.54, 1.807) is 20.8 Å². The molecule has 59 heavy (non-hydrogen) atoms. The zero-order chi connectivity index (χ0) is 42.3. The fourth-order valence-corrected chi connectivity index (χ4v) is 9.94. The van der Waals surface area contributed by atoms with Crippen molar-refractivity contribution in [2.75, 3.05) is 11.9 Å². The normalized spacial score (nSPS) is 25.8. The number of allylic oxidation sites excluding steroid dienone is 1. The molecule has 2 saturated carbocycles. The number of sulfonamides is 1. The molecule has 0 bridgehead atoms. The van der Waals surface area contributed by atoms with Gasteiger partial charge in [-0.15, -0.1) is 11.3 Å². The summed E-state index contributed by atoms with van der Waals surface area (Å²) in [4.78, 5) is 67.3. The second kappa shape index (κ2) is 16.7. The fraction of sp³-hybridized carbons (Fsp3) is 0.571. The van der Waals surface area contributed by atoms with Crippen LogP contribution in [0.25, 0.3) is 22.2 Å². The zero-order valence-electron chi connectivity index (χ0n) is 34.5. The maximum absolute atomic E-state index is 14.7. The average Bonchev–Trinajstić information content (AvgIpc) is 4.03. The Labute approximate surface area is 349 Å². The number of alkyl carbamates (subject to hydrolysis) is 1. The lowest BCUT2D eigenvalue weighted by Gasteiger charge is -2.30. The number of ether oxygens (including phenoxy) is 2. The van der Waals surface area contributed by atoms with Gasteiger partial charge in [0.2, 0.25) is 27.7 Å². The van der Waals surface area contributed by atoms with Gasteiger partial charge in [-0.3, -0.25) is 19.1 Å². The van der Waals surface area contributed by atoms with Crippen LogP contribution >= 0.6 is 11.3 Å². The molecule has 3 aromatic rings. The van der Waals surface area contributed by atoms with Gasteiger partial charge in [-0.25, -0.2) is 23.2 Å². The summed E-state index contributed by atoms with van der Waals surface area (Å²) in [5.74, 6) is -2.04. The molecule has 4 heterocycles. The van der Waals surface area contributed by atoms with Crippen molar-refractivity contribution in [2.24, 2.45) is 5.92 Å². The van der Waals surface area contributed by atoms with E-state index >= 15 is 0 Å². The van der Waals surface area contributed by atoms with Gasteiger partial charge in [0, 0.05) is 29.1 Å². The number of hydrogen-bond acceptors (Lipinski definition) is 12. The first-order valence-electron chi connectivity index (χ1n) is 20.6. The molecule has 1 aromatic carbocycles. The first kappa shape index (κ1) is 42.4. The molecule has 2 unspecified atom stereocenters. The maximum Gasteiger partial charge on any atom is 0.408 e. The summed E-state index contributed by atoms with van der Waals surface area (Å²) in [6.45, 7) is 11.2. The Morgan fingerprint density at radius 3 is 2.56 bits per heavy atom. The Bertz CT molecular complexity index is 2250. The van der Waals surface area contributed by atoms with Gasteiger partial charge in [-0.1, -0.05) is 42.7 Å². The van der Waals surface area contributed by atoms with Gasteiger partial charge in [0.05, 0.1) is 17.5 Å². The smallest absolute Gasteiger partial charge is 0.408 e. The molecule has 4 N–H and O–H groups in total. The first-order valence-corrected chi connectivity index (χ1v) is 23.0. The molecule has 4 amide bonds. The minimum absolute atomic E-state index is 0.0274. The molecule has 17 heteroatoms. The van der Waals surface area contributed by atoms with Gasteiger partial charge in [-0.2, -0.15) is 0 Å². The highest BCUT2D eigenvalue weighted by Gasteiger charge is 2.62. The van der Waals surface area contributed by atoms with Crippen molar-refractivity contribution >= 4 is 61.1 Å². The molecule has 7 rings (SSSR count). The number of amides is 4. The molecule has 15 nitrogen and oxygen atoms in total. The van der Waals surface area contributed by atoms with Crippen molar-refractivity contribution in [1.82, 2.24) is 30.2 Å². The third-order valence-electron chi connectivity index (χ3n) is 10.9. The van der Waals surface area contributed by atoms with Gasteiger partial charge in [-0.05, 0) is 97.6 Å². The summed E-state index contributed by atoms with van der Waals surface area (Å²) in [6.07, 6.45) is 6.68. The lowest BCUT2D eigenvalue weighted by Crippen LogP contribution is -2.58. The monoisotopic (exact) mass is 849 g/mol. The summed E-state index contributed by atoms with van der Waals surface area (Å²) in [6, 6.07) is 5.92. The number of hydrogen-bond donors (Lipinski definition) is 4. The largest absolute Gasteiger partial charge is 0.472 e. The molecule has 5 atom stereocenters. The fourth-order valence-electron chi connectivity index (χ4n) is 7.73. The van der Waals surface area contributed by atoms with E-state index in [-0.39, 0.29) is 25.4 Å². The number of aromatic nitrogens is 2. The van der Waals surface area contributed by atoms with Crippen LogP contribution in [-0.4, -0.2) is 94.3 Å². The third-order valence-corrected chi connectivity index (χ3v) is 13.5. The number of pyridine rings is 1. The van der Waals surface area contributed by atoms with E-state index < -0.39 is 74.3 Å². The molecule has 3 fully saturated rings. The van der Waals surface area contributed by atoms with Crippen LogP contribution in [0.1, 0.15) is 98.0 Å². The number of aryl methyl sites for hydroxylation is 1. The molecule has 4 aliphatic rings. The van der Waals surface area contributed by atoms with Crippen molar-refractivity contribution in [3.63, 3.8) is 0 Å². The van der Waals surface area contributed by atoms with E-state index in [0.29, 0.717) is 49.4 Å². The first-order chi connectivity index (χ1) is 27.9. The second-order valence-corrected chi connectivity index (χ2v) is 20.4. The number of benzene rings is 1. The van der Waals surface area contributed by atoms with Crippen LogP contribution in [-0.2, 0) is 29.1 Å². The van der Waals surface area contributed by atoms with Crippen molar-refractivity contribution < 1.29 is 37.1 Å². The van der Waals surface area contributed by atoms with Crippen LogP contribution in [0, 0.1) is 12.8 Å². The summed E-state index contributed by atoms with van der Waals surface area (Å²) >= 11 is 1.47. The van der Waals surface area contributed by atoms with Gasteiger partial charge in [0.1, 0.15) is 35.0 Å². The number of fused-ring (bicyclic) bond motifs is 3. The van der Waals surface area contributed by atoms with Crippen LogP contribution in [0.3, 0.4) is 0 Å². The Hall–Kier alpha value is -4.77. The third kappa shape index (κ3) is 9.99. The van der Waals surface area contributed by atoms with Crippen molar-refractivity contribution in [2.45, 2.75) is 140 Å². The zero-order valence-corrected chi connectivity index (χ0v) is 36.1. The molecular formula is C42H55N7O8S2. The summed E-state index contributed by atoms with van der Waals surface area (Å²) in [5.41, 5.74) is -0.0362. The quantitative estimate of drug-likeness (QED) is 0.192. The molecule has 1 saturated heterocycles. The Morgan fingerprint density at radius 1 is 1.05 bits per heavy atom. The maximum atomic E-state index is 14.7. The van der Waals surface area contributed by atoms with Crippen LogP contribution in [0.4, 0.5) is 9.93 Å². The molecule has 2 aliphatic carbocycles. The minimum Gasteiger partial charge on any atom is -0.472 e. The lowest BCUT2D eigenvalue weighted by atomic mass is 10.0. The number of anilines is 1. The molecule has 0 spiro atoms. The highest BCUT2D eigenvalue weighted by molar-refractivity contribution is 7.91. The number of carbonyl (C=O) groups excluding carboxylic acids is 4. The Kier molecular flexibility index (Phi) is 12.0. The minimum atomic E-state index is -3.91. The van der Waals surface area contributed by atoms with Gasteiger partial charge in [0.25, 0.3) is 5.91 Å². The molecular weight excluding hydrogens is 795 g/mol. The molecule has 2 aromatic heterocycles.